The highest BCUT2D eigenvalue weighted by Gasteiger charge is 2.13. The molecule has 2 aromatic rings. The molecule has 0 spiro atoms. The Kier molecular flexibility index (Phi) is 6.28. The summed E-state index contributed by atoms with van der Waals surface area (Å²) in [7, 11) is 0. The van der Waals surface area contributed by atoms with Crippen LogP contribution in [-0.2, 0) is 0 Å². The highest BCUT2D eigenvalue weighted by Crippen LogP contribution is 2.22. The highest BCUT2D eigenvalue weighted by molar-refractivity contribution is 6.06. The minimum atomic E-state index is -0.259. The monoisotopic (exact) mass is 339 g/mol. The molecule has 0 unspecified atom stereocenters. The summed E-state index contributed by atoms with van der Waals surface area (Å²) >= 11 is 0. The average molecular weight is 339 g/mol. The highest BCUT2D eigenvalue weighted by atomic mass is 16.2. The second kappa shape index (κ2) is 8.42. The molecule has 0 bridgehead atoms. The fourth-order valence-corrected chi connectivity index (χ4v) is 2.73. The Hall–Kier alpha value is -2.69. The van der Waals surface area contributed by atoms with E-state index in [1.165, 1.54) is 12.3 Å². The van der Waals surface area contributed by atoms with E-state index < -0.39 is 0 Å². The first-order chi connectivity index (χ1) is 11.9. The minimum Gasteiger partial charge on any atom is -0.351 e. The fraction of sp³-hybridized carbons (Fsp3) is 0.350. The molecule has 0 fully saturated rings. The maximum Gasteiger partial charge on any atom is 0.269 e. The Morgan fingerprint density at radius 1 is 1.04 bits per heavy atom. The molecule has 2 rings (SSSR count). The molecule has 0 aliphatic carbocycles. The van der Waals surface area contributed by atoms with Gasteiger partial charge in [-0.15, -0.1) is 0 Å². The standard InChI is InChI=1S/C20H25N3O2/c1-5-6-8-22-20(25)17-12-16(7-9-21-17)19(24)23-18-14(3)10-13(2)11-15(18)4/h7,9-12H,5-6,8H2,1-4H3,(H,22,25)(H,23,24). The Balaban J connectivity index is 2.15. The summed E-state index contributed by atoms with van der Waals surface area (Å²) in [5, 5.41) is 5.75. The number of hydrogen-bond acceptors (Lipinski definition) is 3. The normalized spacial score (nSPS) is 10.4. The van der Waals surface area contributed by atoms with Gasteiger partial charge in [0.25, 0.3) is 11.8 Å². The van der Waals surface area contributed by atoms with E-state index in [-0.39, 0.29) is 17.5 Å². The number of aromatic nitrogens is 1. The number of pyridine rings is 1. The van der Waals surface area contributed by atoms with Gasteiger partial charge in [0.15, 0.2) is 0 Å². The molecule has 132 valence electrons. The molecule has 5 heteroatoms. The van der Waals surface area contributed by atoms with Gasteiger partial charge in [-0.25, -0.2) is 0 Å². The van der Waals surface area contributed by atoms with Crippen molar-refractivity contribution < 1.29 is 9.59 Å². The largest absolute Gasteiger partial charge is 0.351 e. The summed E-state index contributed by atoms with van der Waals surface area (Å²) in [6, 6.07) is 7.19. The van der Waals surface area contributed by atoms with E-state index in [9.17, 15) is 9.59 Å². The van der Waals surface area contributed by atoms with Crippen molar-refractivity contribution in [2.45, 2.75) is 40.5 Å². The van der Waals surface area contributed by atoms with Crippen LogP contribution in [0.2, 0.25) is 0 Å². The number of anilines is 1. The zero-order valence-electron chi connectivity index (χ0n) is 15.3. The summed E-state index contributed by atoms with van der Waals surface area (Å²) in [5.41, 5.74) is 4.65. The van der Waals surface area contributed by atoms with Gasteiger partial charge >= 0.3 is 0 Å². The third kappa shape index (κ3) is 4.89. The maximum atomic E-state index is 12.6. The van der Waals surface area contributed by atoms with Gasteiger partial charge in [0, 0.05) is 24.0 Å². The first kappa shape index (κ1) is 18.6. The van der Waals surface area contributed by atoms with Crippen LogP contribution in [0, 0.1) is 20.8 Å². The van der Waals surface area contributed by atoms with Crippen molar-refractivity contribution in [3.8, 4) is 0 Å². The summed E-state index contributed by atoms with van der Waals surface area (Å²) in [6.45, 7) is 8.63. The number of hydrogen-bond donors (Lipinski definition) is 2. The lowest BCUT2D eigenvalue weighted by Gasteiger charge is -2.13. The molecule has 25 heavy (non-hydrogen) atoms. The lowest BCUT2D eigenvalue weighted by atomic mass is 10.0. The SMILES string of the molecule is CCCCNC(=O)c1cc(C(=O)Nc2c(C)cc(C)cc2C)ccn1. The number of aryl methyl sites for hydroxylation is 3. The molecule has 1 aromatic heterocycles. The van der Waals surface area contributed by atoms with Gasteiger partial charge in [-0.2, -0.15) is 0 Å². The van der Waals surface area contributed by atoms with Crippen LogP contribution in [0.25, 0.3) is 0 Å². The molecule has 1 aromatic carbocycles. The minimum absolute atomic E-state index is 0.250. The van der Waals surface area contributed by atoms with Crippen LogP contribution in [0.15, 0.2) is 30.5 Å². The van der Waals surface area contributed by atoms with Crippen LogP contribution in [0.3, 0.4) is 0 Å². The number of unbranched alkanes of at least 4 members (excludes halogenated alkanes) is 1. The van der Waals surface area contributed by atoms with Crippen molar-refractivity contribution in [2.75, 3.05) is 11.9 Å². The van der Waals surface area contributed by atoms with E-state index in [0.717, 1.165) is 35.2 Å². The van der Waals surface area contributed by atoms with Gasteiger partial charge < -0.3 is 10.6 Å². The first-order valence-electron chi connectivity index (χ1n) is 8.55. The lowest BCUT2D eigenvalue weighted by Crippen LogP contribution is -2.25. The quantitative estimate of drug-likeness (QED) is 0.787. The molecule has 5 nitrogen and oxygen atoms in total. The molecule has 2 amide bonds. The van der Waals surface area contributed by atoms with E-state index in [1.807, 2.05) is 32.9 Å². The summed E-state index contributed by atoms with van der Waals surface area (Å²) in [5.74, 6) is -0.508. The van der Waals surface area contributed by atoms with Gasteiger partial charge in [-0.3, -0.25) is 14.6 Å². The third-order valence-electron chi connectivity index (χ3n) is 3.99. The number of amides is 2. The zero-order valence-corrected chi connectivity index (χ0v) is 15.3. The van der Waals surface area contributed by atoms with Crippen LogP contribution < -0.4 is 10.6 Å². The van der Waals surface area contributed by atoms with Crippen molar-refractivity contribution in [3.05, 3.63) is 58.4 Å². The molecule has 0 saturated heterocycles. The van der Waals surface area contributed by atoms with Crippen molar-refractivity contribution in [1.82, 2.24) is 10.3 Å². The predicted molar refractivity (Wildman–Crippen MR) is 100 cm³/mol. The van der Waals surface area contributed by atoms with Crippen LogP contribution in [0.1, 0.15) is 57.3 Å². The Bertz CT molecular complexity index is 761. The molecule has 0 aliphatic heterocycles. The second-order valence-corrected chi connectivity index (χ2v) is 6.27. The van der Waals surface area contributed by atoms with Gasteiger partial charge in [-0.05, 0) is 50.5 Å². The number of carbonyl (C=O) groups excluding carboxylic acids is 2. The molecule has 0 aliphatic rings. The number of nitrogens with one attached hydrogen (secondary N) is 2. The van der Waals surface area contributed by atoms with E-state index in [0.29, 0.717) is 12.1 Å². The second-order valence-electron chi connectivity index (χ2n) is 6.27. The van der Waals surface area contributed by atoms with Crippen molar-refractivity contribution >= 4 is 17.5 Å². The van der Waals surface area contributed by atoms with Crippen LogP contribution in [0.5, 0.6) is 0 Å². The Morgan fingerprint density at radius 3 is 2.36 bits per heavy atom. The maximum absolute atomic E-state index is 12.6. The van der Waals surface area contributed by atoms with Gasteiger partial charge in [0.2, 0.25) is 0 Å². The van der Waals surface area contributed by atoms with Crippen molar-refractivity contribution in [1.29, 1.82) is 0 Å². The summed E-state index contributed by atoms with van der Waals surface area (Å²) in [6.07, 6.45) is 3.40. The van der Waals surface area contributed by atoms with E-state index in [1.54, 1.807) is 6.07 Å². The topological polar surface area (TPSA) is 71.1 Å². The lowest BCUT2D eigenvalue weighted by molar-refractivity contribution is 0.0948. The van der Waals surface area contributed by atoms with Gasteiger partial charge in [-0.1, -0.05) is 31.0 Å². The molecule has 0 saturated carbocycles. The van der Waals surface area contributed by atoms with E-state index in [4.69, 9.17) is 0 Å². The average Bonchev–Trinajstić information content (AvgIpc) is 2.58. The number of carbonyl (C=O) groups is 2. The number of rotatable bonds is 6. The fourth-order valence-electron chi connectivity index (χ4n) is 2.73. The van der Waals surface area contributed by atoms with E-state index in [2.05, 4.69) is 22.5 Å². The van der Waals surface area contributed by atoms with Gasteiger partial charge in [0.05, 0.1) is 0 Å². The molecule has 2 N–H and O–H groups in total. The predicted octanol–water partition coefficient (Wildman–Crippen LogP) is 3.79. The molecular formula is C20H25N3O2. The third-order valence-corrected chi connectivity index (χ3v) is 3.99. The molecule has 0 radical (unpaired) electrons. The number of nitrogens with zero attached hydrogens (tertiary/aromatic N) is 1. The summed E-state index contributed by atoms with van der Waals surface area (Å²) in [4.78, 5) is 28.7. The molecule has 1 heterocycles. The van der Waals surface area contributed by atoms with Crippen LogP contribution in [-0.4, -0.2) is 23.3 Å². The van der Waals surface area contributed by atoms with E-state index >= 15 is 0 Å². The smallest absolute Gasteiger partial charge is 0.269 e. The Morgan fingerprint density at radius 2 is 1.72 bits per heavy atom. The first-order valence-corrected chi connectivity index (χ1v) is 8.55. The van der Waals surface area contributed by atoms with Crippen molar-refractivity contribution in [2.24, 2.45) is 0 Å². The zero-order chi connectivity index (χ0) is 18.4. The summed E-state index contributed by atoms with van der Waals surface area (Å²) < 4.78 is 0. The molecular weight excluding hydrogens is 314 g/mol. The van der Waals surface area contributed by atoms with Gasteiger partial charge in [0.1, 0.15) is 5.69 Å². The molecule has 0 atom stereocenters. The number of benzene rings is 1. The van der Waals surface area contributed by atoms with Crippen LogP contribution in [0.4, 0.5) is 5.69 Å². The van der Waals surface area contributed by atoms with Crippen LogP contribution >= 0.6 is 0 Å². The Labute approximate surface area is 148 Å². The van der Waals surface area contributed by atoms with Crippen molar-refractivity contribution in [3.63, 3.8) is 0 Å².